The van der Waals surface area contributed by atoms with Crippen LogP contribution in [0.3, 0.4) is 0 Å². The molecule has 0 aromatic heterocycles. The van der Waals surface area contributed by atoms with Gasteiger partial charge in [-0.05, 0) is 33.3 Å². The SMILES string of the molecule is C=C1C[C@@H](C(=O)NCc2cccc(Cl)c2F)N(C(=O)OC(C)(C)C)C1. The predicted molar refractivity (Wildman–Crippen MR) is 93.7 cm³/mol. The number of carbonyl (C=O) groups is 2. The zero-order valence-electron chi connectivity index (χ0n) is 14.6. The average molecular weight is 369 g/mol. The van der Waals surface area contributed by atoms with Gasteiger partial charge in [-0.15, -0.1) is 0 Å². The van der Waals surface area contributed by atoms with Crippen LogP contribution in [0.5, 0.6) is 0 Å². The van der Waals surface area contributed by atoms with E-state index in [4.69, 9.17) is 16.3 Å². The van der Waals surface area contributed by atoms with E-state index in [0.29, 0.717) is 6.42 Å². The van der Waals surface area contributed by atoms with Gasteiger partial charge in [0.05, 0.1) is 5.02 Å². The minimum atomic E-state index is -0.718. The van der Waals surface area contributed by atoms with Crippen LogP contribution < -0.4 is 5.32 Å². The number of rotatable bonds is 3. The van der Waals surface area contributed by atoms with E-state index >= 15 is 0 Å². The van der Waals surface area contributed by atoms with Crippen LogP contribution >= 0.6 is 11.6 Å². The summed E-state index contributed by atoms with van der Waals surface area (Å²) in [5.41, 5.74) is 0.382. The molecule has 0 radical (unpaired) electrons. The summed E-state index contributed by atoms with van der Waals surface area (Å²) in [4.78, 5) is 26.1. The Morgan fingerprint density at radius 2 is 2.12 bits per heavy atom. The molecule has 0 unspecified atom stereocenters. The van der Waals surface area contributed by atoms with E-state index in [1.165, 1.54) is 11.0 Å². The Hall–Kier alpha value is -2.08. The normalized spacial score (nSPS) is 17.6. The molecule has 1 heterocycles. The fraction of sp³-hybridized carbons (Fsp3) is 0.444. The average Bonchev–Trinajstić information content (AvgIpc) is 2.89. The van der Waals surface area contributed by atoms with E-state index in [1.807, 2.05) is 0 Å². The molecule has 5 nitrogen and oxygen atoms in total. The van der Waals surface area contributed by atoms with Gasteiger partial charge in [0.2, 0.25) is 5.91 Å². The first kappa shape index (κ1) is 19.2. The molecule has 1 N–H and O–H groups in total. The van der Waals surface area contributed by atoms with Crippen molar-refractivity contribution < 1.29 is 18.7 Å². The second kappa shape index (κ2) is 7.44. The largest absolute Gasteiger partial charge is 0.444 e. The van der Waals surface area contributed by atoms with E-state index in [-0.39, 0.29) is 29.6 Å². The molecular weight excluding hydrogens is 347 g/mol. The Balaban J connectivity index is 2.04. The summed E-state index contributed by atoms with van der Waals surface area (Å²) in [7, 11) is 0. The molecule has 1 aliphatic rings. The number of halogens is 2. The first-order valence-electron chi connectivity index (χ1n) is 7.95. The van der Waals surface area contributed by atoms with Crippen LogP contribution in [-0.2, 0) is 16.1 Å². The summed E-state index contributed by atoms with van der Waals surface area (Å²) in [6.07, 6.45) is -0.219. The number of nitrogens with zero attached hydrogens (tertiary/aromatic N) is 1. The highest BCUT2D eigenvalue weighted by molar-refractivity contribution is 6.30. The summed E-state index contributed by atoms with van der Waals surface area (Å²) in [5, 5.41) is 2.65. The van der Waals surface area contributed by atoms with Gasteiger partial charge in [-0.3, -0.25) is 9.69 Å². The van der Waals surface area contributed by atoms with E-state index in [0.717, 1.165) is 5.57 Å². The lowest BCUT2D eigenvalue weighted by Crippen LogP contribution is -2.47. The van der Waals surface area contributed by atoms with Crippen molar-refractivity contribution in [2.45, 2.75) is 45.4 Å². The van der Waals surface area contributed by atoms with Crippen molar-refractivity contribution in [3.05, 3.63) is 46.8 Å². The molecule has 25 heavy (non-hydrogen) atoms. The smallest absolute Gasteiger partial charge is 0.411 e. The lowest BCUT2D eigenvalue weighted by atomic mass is 10.1. The van der Waals surface area contributed by atoms with Crippen molar-refractivity contribution in [1.82, 2.24) is 10.2 Å². The van der Waals surface area contributed by atoms with Crippen molar-refractivity contribution in [3.63, 3.8) is 0 Å². The molecule has 1 aromatic carbocycles. The van der Waals surface area contributed by atoms with Crippen LogP contribution in [0.1, 0.15) is 32.8 Å². The van der Waals surface area contributed by atoms with Gasteiger partial charge >= 0.3 is 6.09 Å². The standard InChI is InChI=1S/C18H22ClFN2O3/c1-11-8-14(22(10-11)17(24)25-18(2,3)4)16(23)21-9-12-6-5-7-13(19)15(12)20/h5-7,14H,1,8-10H2,2-4H3,(H,21,23)/t14-/m0/s1. The number of amides is 2. The first-order chi connectivity index (χ1) is 11.6. The van der Waals surface area contributed by atoms with Crippen LogP contribution in [0.2, 0.25) is 5.02 Å². The molecule has 0 spiro atoms. The highest BCUT2D eigenvalue weighted by Gasteiger charge is 2.38. The monoisotopic (exact) mass is 368 g/mol. The molecule has 7 heteroatoms. The Labute approximate surface area is 151 Å². The molecule has 0 aliphatic carbocycles. The van der Waals surface area contributed by atoms with Crippen LogP contribution in [0.25, 0.3) is 0 Å². The maximum Gasteiger partial charge on any atom is 0.411 e. The van der Waals surface area contributed by atoms with Gasteiger partial charge in [-0.25, -0.2) is 9.18 Å². The minimum absolute atomic E-state index is 0.00336. The third kappa shape index (κ3) is 4.95. The van der Waals surface area contributed by atoms with Gasteiger partial charge in [0, 0.05) is 18.7 Å². The maximum absolute atomic E-state index is 13.9. The zero-order valence-corrected chi connectivity index (χ0v) is 15.3. The summed E-state index contributed by atoms with van der Waals surface area (Å²) < 4.78 is 19.2. The Morgan fingerprint density at radius 1 is 1.44 bits per heavy atom. The minimum Gasteiger partial charge on any atom is -0.444 e. The Kier molecular flexibility index (Phi) is 5.72. The van der Waals surface area contributed by atoms with Crippen LogP contribution in [0.15, 0.2) is 30.4 Å². The van der Waals surface area contributed by atoms with Crippen LogP contribution in [-0.4, -0.2) is 35.1 Å². The number of ether oxygens (including phenoxy) is 1. The number of carbonyl (C=O) groups excluding carboxylic acids is 2. The summed E-state index contributed by atoms with van der Waals surface area (Å²) in [6.45, 7) is 9.37. The Morgan fingerprint density at radius 3 is 2.76 bits per heavy atom. The molecule has 1 aromatic rings. The molecular formula is C18H22ClFN2O3. The molecule has 0 saturated carbocycles. The van der Waals surface area contributed by atoms with Crippen molar-refractivity contribution in [2.75, 3.05) is 6.54 Å². The van der Waals surface area contributed by atoms with Gasteiger partial charge in [0.25, 0.3) is 0 Å². The predicted octanol–water partition coefficient (Wildman–Crippen LogP) is 3.66. The lowest BCUT2D eigenvalue weighted by Gasteiger charge is -2.27. The van der Waals surface area contributed by atoms with Gasteiger partial charge in [0.15, 0.2) is 0 Å². The summed E-state index contributed by atoms with van der Waals surface area (Å²) >= 11 is 5.73. The summed E-state index contributed by atoms with van der Waals surface area (Å²) in [6, 6.07) is 3.87. The van der Waals surface area contributed by atoms with E-state index in [1.54, 1.807) is 32.9 Å². The van der Waals surface area contributed by atoms with Crippen molar-refractivity contribution >= 4 is 23.6 Å². The van der Waals surface area contributed by atoms with E-state index in [9.17, 15) is 14.0 Å². The van der Waals surface area contributed by atoms with Crippen molar-refractivity contribution in [3.8, 4) is 0 Å². The third-order valence-corrected chi connectivity index (χ3v) is 3.96. The summed E-state index contributed by atoms with van der Waals surface area (Å²) in [5.74, 6) is -0.951. The highest BCUT2D eigenvalue weighted by atomic mass is 35.5. The molecule has 2 amide bonds. The first-order valence-corrected chi connectivity index (χ1v) is 8.33. The number of likely N-dealkylation sites (tertiary alicyclic amines) is 1. The topological polar surface area (TPSA) is 58.6 Å². The molecule has 1 saturated heterocycles. The number of nitrogens with one attached hydrogen (secondary N) is 1. The number of benzene rings is 1. The van der Waals surface area contributed by atoms with Gasteiger partial charge in [-0.2, -0.15) is 0 Å². The van der Waals surface area contributed by atoms with Gasteiger partial charge in [-0.1, -0.05) is 35.9 Å². The molecule has 136 valence electrons. The quantitative estimate of drug-likeness (QED) is 0.828. The second-order valence-corrected chi connectivity index (χ2v) is 7.42. The molecule has 1 aliphatic heterocycles. The van der Waals surface area contributed by atoms with Crippen molar-refractivity contribution in [2.24, 2.45) is 0 Å². The van der Waals surface area contributed by atoms with Gasteiger partial charge in [0.1, 0.15) is 17.5 Å². The number of hydrogen-bond acceptors (Lipinski definition) is 3. The lowest BCUT2D eigenvalue weighted by molar-refractivity contribution is -0.125. The molecule has 2 rings (SSSR count). The van der Waals surface area contributed by atoms with E-state index in [2.05, 4.69) is 11.9 Å². The molecule has 0 bridgehead atoms. The fourth-order valence-electron chi connectivity index (χ4n) is 2.53. The maximum atomic E-state index is 13.9. The van der Waals surface area contributed by atoms with Gasteiger partial charge < -0.3 is 10.1 Å². The Bertz CT molecular complexity index is 700. The second-order valence-electron chi connectivity index (χ2n) is 7.01. The van der Waals surface area contributed by atoms with Crippen molar-refractivity contribution in [1.29, 1.82) is 0 Å². The highest BCUT2D eigenvalue weighted by Crippen LogP contribution is 2.24. The van der Waals surface area contributed by atoms with E-state index < -0.39 is 23.6 Å². The van der Waals surface area contributed by atoms with Crippen LogP contribution in [0, 0.1) is 5.82 Å². The molecule has 1 atom stereocenters. The molecule has 1 fully saturated rings. The zero-order chi connectivity index (χ0) is 18.8. The fourth-order valence-corrected chi connectivity index (χ4v) is 2.73. The number of hydrogen-bond donors (Lipinski definition) is 1. The third-order valence-electron chi connectivity index (χ3n) is 3.67. The van der Waals surface area contributed by atoms with Crippen LogP contribution in [0.4, 0.5) is 9.18 Å².